The lowest BCUT2D eigenvalue weighted by Gasteiger charge is -2.15. The molecular formula is C25H26N2O5. The first-order valence-electron chi connectivity index (χ1n) is 10.4. The van der Waals surface area contributed by atoms with Gasteiger partial charge in [0, 0.05) is 12.3 Å². The number of nitrogens with one attached hydrogen (secondary N) is 1. The summed E-state index contributed by atoms with van der Waals surface area (Å²) in [6.45, 7) is 4.19. The quantitative estimate of drug-likeness (QED) is 0.449. The van der Waals surface area contributed by atoms with Crippen LogP contribution in [0.25, 0.3) is 0 Å². The fraction of sp³-hybridized carbons (Fsp3) is 0.240. The van der Waals surface area contributed by atoms with E-state index in [0.717, 1.165) is 18.6 Å². The average Bonchev–Trinajstić information content (AvgIpc) is 2.83. The SMILES string of the molecule is CCC(CC)Oc1ccc(Oc2ccc(C(=O)Nc3ccccc3C(=O)OC)cn2)cc1. The van der Waals surface area contributed by atoms with Crippen LogP contribution in [0.5, 0.6) is 17.4 Å². The van der Waals surface area contributed by atoms with Gasteiger partial charge >= 0.3 is 5.97 Å². The van der Waals surface area contributed by atoms with E-state index in [1.54, 1.807) is 36.4 Å². The standard InChI is InChI=1S/C25H26N2O5/c1-4-18(5-2)31-19-11-13-20(14-12-19)32-23-15-10-17(16-26-23)24(28)27-22-9-7-6-8-21(22)25(29)30-3/h6-16,18H,4-5H2,1-3H3,(H,27,28). The summed E-state index contributed by atoms with van der Waals surface area (Å²) in [5.41, 5.74) is 0.958. The van der Waals surface area contributed by atoms with Gasteiger partial charge in [-0.2, -0.15) is 0 Å². The molecule has 0 spiro atoms. The molecule has 0 saturated carbocycles. The van der Waals surface area contributed by atoms with E-state index >= 15 is 0 Å². The maximum absolute atomic E-state index is 12.6. The number of anilines is 1. The van der Waals surface area contributed by atoms with E-state index in [0.29, 0.717) is 22.9 Å². The Morgan fingerprint density at radius 2 is 1.62 bits per heavy atom. The van der Waals surface area contributed by atoms with Crippen LogP contribution in [-0.2, 0) is 4.74 Å². The third-order valence-electron chi connectivity index (χ3n) is 4.84. The van der Waals surface area contributed by atoms with Gasteiger partial charge in [-0.25, -0.2) is 9.78 Å². The number of esters is 1. The zero-order chi connectivity index (χ0) is 22.9. The number of pyridine rings is 1. The van der Waals surface area contributed by atoms with Crippen molar-refractivity contribution in [3.8, 4) is 17.4 Å². The molecule has 32 heavy (non-hydrogen) atoms. The van der Waals surface area contributed by atoms with Crippen LogP contribution in [0.3, 0.4) is 0 Å². The van der Waals surface area contributed by atoms with E-state index in [1.165, 1.54) is 13.3 Å². The summed E-state index contributed by atoms with van der Waals surface area (Å²) in [5, 5.41) is 2.71. The molecule has 1 amide bonds. The lowest BCUT2D eigenvalue weighted by atomic mass is 10.1. The molecule has 3 rings (SSSR count). The van der Waals surface area contributed by atoms with Gasteiger partial charge in [0.15, 0.2) is 0 Å². The Morgan fingerprint density at radius 3 is 2.25 bits per heavy atom. The van der Waals surface area contributed by atoms with Crippen molar-refractivity contribution in [1.82, 2.24) is 4.98 Å². The first kappa shape index (κ1) is 22.8. The van der Waals surface area contributed by atoms with Crippen LogP contribution in [0.15, 0.2) is 66.9 Å². The van der Waals surface area contributed by atoms with Gasteiger partial charge in [-0.1, -0.05) is 26.0 Å². The number of amides is 1. The van der Waals surface area contributed by atoms with Crippen molar-refractivity contribution >= 4 is 17.6 Å². The van der Waals surface area contributed by atoms with E-state index in [-0.39, 0.29) is 11.7 Å². The third-order valence-corrected chi connectivity index (χ3v) is 4.84. The highest BCUT2D eigenvalue weighted by Crippen LogP contribution is 2.24. The number of rotatable bonds is 9. The third kappa shape index (κ3) is 5.85. The normalized spacial score (nSPS) is 10.5. The molecule has 0 atom stereocenters. The van der Waals surface area contributed by atoms with E-state index in [4.69, 9.17) is 14.2 Å². The van der Waals surface area contributed by atoms with Gasteiger partial charge in [-0.3, -0.25) is 4.79 Å². The van der Waals surface area contributed by atoms with Crippen molar-refractivity contribution in [2.45, 2.75) is 32.8 Å². The molecule has 1 aromatic heterocycles. The highest BCUT2D eigenvalue weighted by atomic mass is 16.5. The van der Waals surface area contributed by atoms with Gasteiger partial charge in [-0.15, -0.1) is 0 Å². The first-order chi connectivity index (χ1) is 15.5. The Kier molecular flexibility index (Phi) is 7.80. The van der Waals surface area contributed by atoms with Gasteiger partial charge in [0.25, 0.3) is 5.91 Å². The molecule has 0 aliphatic rings. The fourth-order valence-corrected chi connectivity index (χ4v) is 3.00. The van der Waals surface area contributed by atoms with Crippen LogP contribution in [0.2, 0.25) is 0 Å². The lowest BCUT2D eigenvalue weighted by molar-refractivity contribution is 0.0602. The number of para-hydroxylation sites is 1. The smallest absolute Gasteiger partial charge is 0.339 e. The monoisotopic (exact) mass is 434 g/mol. The number of methoxy groups -OCH3 is 1. The van der Waals surface area contributed by atoms with Crippen molar-refractivity contribution in [3.05, 3.63) is 78.0 Å². The number of hydrogen-bond acceptors (Lipinski definition) is 6. The van der Waals surface area contributed by atoms with Crippen molar-refractivity contribution in [2.75, 3.05) is 12.4 Å². The van der Waals surface area contributed by atoms with E-state index in [1.807, 2.05) is 24.3 Å². The van der Waals surface area contributed by atoms with E-state index in [9.17, 15) is 9.59 Å². The summed E-state index contributed by atoms with van der Waals surface area (Å²) < 4.78 is 16.4. The average molecular weight is 434 g/mol. The summed E-state index contributed by atoms with van der Waals surface area (Å²) in [5.74, 6) is 0.824. The van der Waals surface area contributed by atoms with Gasteiger partial charge in [0.2, 0.25) is 5.88 Å². The lowest BCUT2D eigenvalue weighted by Crippen LogP contribution is -2.15. The maximum atomic E-state index is 12.6. The number of hydrogen-bond donors (Lipinski definition) is 1. The minimum absolute atomic E-state index is 0.196. The van der Waals surface area contributed by atoms with Gasteiger partial charge in [0.1, 0.15) is 11.5 Å². The predicted molar refractivity (Wildman–Crippen MR) is 121 cm³/mol. The molecule has 7 heteroatoms. The fourth-order valence-electron chi connectivity index (χ4n) is 3.00. The van der Waals surface area contributed by atoms with Crippen molar-refractivity contribution < 1.29 is 23.8 Å². The van der Waals surface area contributed by atoms with Gasteiger partial charge in [-0.05, 0) is 55.3 Å². The van der Waals surface area contributed by atoms with Crippen LogP contribution >= 0.6 is 0 Å². The molecule has 0 aliphatic heterocycles. The molecule has 0 bridgehead atoms. The van der Waals surface area contributed by atoms with Gasteiger partial charge in [0.05, 0.1) is 30.0 Å². The topological polar surface area (TPSA) is 86.8 Å². The van der Waals surface area contributed by atoms with Crippen LogP contribution < -0.4 is 14.8 Å². The van der Waals surface area contributed by atoms with Gasteiger partial charge < -0.3 is 19.5 Å². The summed E-state index contributed by atoms with van der Waals surface area (Å²) in [4.78, 5) is 28.6. The Labute approximate surface area is 187 Å². The second-order valence-electron chi connectivity index (χ2n) is 7.01. The van der Waals surface area contributed by atoms with Crippen molar-refractivity contribution in [1.29, 1.82) is 0 Å². The second-order valence-corrected chi connectivity index (χ2v) is 7.01. The molecule has 1 N–H and O–H groups in total. The summed E-state index contributed by atoms with van der Waals surface area (Å²) in [6.07, 6.45) is 3.51. The van der Waals surface area contributed by atoms with Crippen LogP contribution in [0.4, 0.5) is 5.69 Å². The Hall–Kier alpha value is -3.87. The highest BCUT2D eigenvalue weighted by Gasteiger charge is 2.15. The minimum atomic E-state index is -0.529. The number of benzene rings is 2. The Morgan fingerprint density at radius 1 is 0.938 bits per heavy atom. The summed E-state index contributed by atoms with van der Waals surface area (Å²) in [6, 6.07) is 17.2. The zero-order valence-electron chi connectivity index (χ0n) is 18.3. The Balaban J connectivity index is 1.63. The molecular weight excluding hydrogens is 408 g/mol. The predicted octanol–water partition coefficient (Wildman–Crippen LogP) is 5.48. The molecule has 0 saturated heterocycles. The molecule has 166 valence electrons. The first-order valence-corrected chi connectivity index (χ1v) is 10.4. The maximum Gasteiger partial charge on any atom is 0.339 e. The summed E-state index contributed by atoms with van der Waals surface area (Å²) >= 11 is 0. The second kappa shape index (κ2) is 10.9. The number of aromatic nitrogens is 1. The van der Waals surface area contributed by atoms with Crippen LogP contribution in [0.1, 0.15) is 47.4 Å². The number of nitrogens with zero attached hydrogens (tertiary/aromatic N) is 1. The number of carbonyl (C=O) groups excluding carboxylic acids is 2. The van der Waals surface area contributed by atoms with Crippen LogP contribution in [0, 0.1) is 0 Å². The zero-order valence-corrected chi connectivity index (χ0v) is 18.3. The van der Waals surface area contributed by atoms with Crippen LogP contribution in [-0.4, -0.2) is 30.1 Å². The Bertz CT molecular complexity index is 1040. The molecule has 0 unspecified atom stereocenters. The largest absolute Gasteiger partial charge is 0.490 e. The highest BCUT2D eigenvalue weighted by molar-refractivity contribution is 6.07. The number of carbonyl (C=O) groups is 2. The summed E-state index contributed by atoms with van der Waals surface area (Å²) in [7, 11) is 1.29. The molecule has 0 aliphatic carbocycles. The van der Waals surface area contributed by atoms with Crippen molar-refractivity contribution in [3.63, 3.8) is 0 Å². The molecule has 0 fully saturated rings. The van der Waals surface area contributed by atoms with E-state index in [2.05, 4.69) is 24.1 Å². The molecule has 3 aromatic rings. The van der Waals surface area contributed by atoms with Crippen molar-refractivity contribution in [2.24, 2.45) is 0 Å². The molecule has 7 nitrogen and oxygen atoms in total. The minimum Gasteiger partial charge on any atom is -0.490 e. The molecule has 1 heterocycles. The number of ether oxygens (including phenoxy) is 3. The molecule has 2 aromatic carbocycles. The molecule has 0 radical (unpaired) electrons. The van der Waals surface area contributed by atoms with E-state index < -0.39 is 11.9 Å².